The maximum absolute atomic E-state index is 13.4. The molecule has 0 spiro atoms. The normalized spacial score (nSPS) is 24.6. The Bertz CT molecular complexity index is 952. The smallest absolute Gasteiger partial charge is 0.258 e. The van der Waals surface area contributed by atoms with Crippen molar-refractivity contribution in [1.82, 2.24) is 10.5 Å². The molecular weight excluding hydrogens is 399 g/mol. The van der Waals surface area contributed by atoms with Gasteiger partial charge in [0.25, 0.3) is 5.91 Å². The summed E-state index contributed by atoms with van der Waals surface area (Å²) in [4.78, 5) is 24.7. The van der Waals surface area contributed by atoms with E-state index in [1.165, 1.54) is 12.1 Å². The largest absolute Gasteiger partial charge is 0.484 e. The fourth-order valence-electron chi connectivity index (χ4n) is 4.49. The molecule has 0 saturated heterocycles. The van der Waals surface area contributed by atoms with Crippen LogP contribution in [0.3, 0.4) is 0 Å². The van der Waals surface area contributed by atoms with E-state index in [1.807, 2.05) is 13.8 Å². The Morgan fingerprint density at radius 2 is 2.03 bits per heavy atom. The van der Waals surface area contributed by atoms with Crippen molar-refractivity contribution in [3.05, 3.63) is 46.6 Å². The van der Waals surface area contributed by atoms with Crippen LogP contribution < -0.4 is 10.1 Å². The zero-order valence-electron chi connectivity index (χ0n) is 16.3. The number of amides is 1. The number of Topliss-reactive ketones (excluding diaryl/α,β-unsaturated/α-hetero) is 1. The van der Waals surface area contributed by atoms with Crippen LogP contribution in [0.5, 0.6) is 5.75 Å². The SMILES string of the molecule is CC(C)c1cc(C(=O)CC23CC(NC(=O)COc4ccc(Cl)c(F)c4)(C2)C3)no1. The summed E-state index contributed by atoms with van der Waals surface area (Å²) in [5.41, 5.74) is 0.0699. The second kappa shape index (κ2) is 7.13. The molecule has 1 heterocycles. The number of aromatic nitrogens is 1. The van der Waals surface area contributed by atoms with Gasteiger partial charge in [-0.3, -0.25) is 9.59 Å². The van der Waals surface area contributed by atoms with Crippen LogP contribution in [0.4, 0.5) is 4.39 Å². The highest BCUT2D eigenvalue weighted by Crippen LogP contribution is 2.69. The maximum atomic E-state index is 13.4. The van der Waals surface area contributed by atoms with Crippen molar-refractivity contribution in [3.8, 4) is 5.75 Å². The van der Waals surface area contributed by atoms with Crippen molar-refractivity contribution in [2.24, 2.45) is 5.41 Å². The van der Waals surface area contributed by atoms with Gasteiger partial charge in [0.1, 0.15) is 23.0 Å². The molecule has 0 unspecified atom stereocenters. The maximum Gasteiger partial charge on any atom is 0.258 e. The predicted octanol–water partition coefficient (Wildman–Crippen LogP) is 4.28. The monoisotopic (exact) mass is 420 g/mol. The highest BCUT2D eigenvalue weighted by atomic mass is 35.5. The first-order valence-corrected chi connectivity index (χ1v) is 9.96. The Hall–Kier alpha value is -2.41. The van der Waals surface area contributed by atoms with Crippen LogP contribution in [0.1, 0.15) is 61.7 Å². The molecule has 2 aromatic rings. The van der Waals surface area contributed by atoms with Crippen LogP contribution >= 0.6 is 11.6 Å². The molecule has 3 aliphatic rings. The molecule has 8 heteroatoms. The first-order chi connectivity index (χ1) is 13.7. The molecule has 1 amide bonds. The Balaban J connectivity index is 1.23. The van der Waals surface area contributed by atoms with Gasteiger partial charge in [-0.1, -0.05) is 30.6 Å². The molecule has 3 aliphatic carbocycles. The molecule has 3 saturated carbocycles. The number of benzene rings is 1. The van der Waals surface area contributed by atoms with Gasteiger partial charge < -0.3 is 14.6 Å². The second-order valence-corrected chi connectivity index (χ2v) is 9.00. The van der Waals surface area contributed by atoms with E-state index in [-0.39, 0.29) is 45.9 Å². The summed E-state index contributed by atoms with van der Waals surface area (Å²) in [6.07, 6.45) is 2.71. The van der Waals surface area contributed by atoms with E-state index in [4.69, 9.17) is 20.9 Å². The third kappa shape index (κ3) is 3.88. The lowest BCUT2D eigenvalue weighted by molar-refractivity contribution is -0.164. The van der Waals surface area contributed by atoms with Gasteiger partial charge >= 0.3 is 0 Å². The van der Waals surface area contributed by atoms with Crippen molar-refractivity contribution in [2.75, 3.05) is 6.61 Å². The van der Waals surface area contributed by atoms with Gasteiger partial charge in [0.2, 0.25) is 0 Å². The third-order valence-corrected chi connectivity index (χ3v) is 6.03. The van der Waals surface area contributed by atoms with E-state index in [1.54, 1.807) is 6.07 Å². The Morgan fingerprint density at radius 1 is 1.31 bits per heavy atom. The number of nitrogens with one attached hydrogen (secondary N) is 1. The molecule has 154 valence electrons. The Morgan fingerprint density at radius 3 is 2.66 bits per heavy atom. The molecule has 1 aromatic heterocycles. The van der Waals surface area contributed by atoms with Gasteiger partial charge in [0.15, 0.2) is 12.4 Å². The van der Waals surface area contributed by atoms with Crippen LogP contribution in [0.15, 0.2) is 28.8 Å². The molecule has 0 radical (unpaired) electrons. The zero-order valence-corrected chi connectivity index (χ0v) is 17.0. The summed E-state index contributed by atoms with van der Waals surface area (Å²) < 4.78 is 23.9. The minimum Gasteiger partial charge on any atom is -0.484 e. The molecule has 6 nitrogen and oxygen atoms in total. The van der Waals surface area contributed by atoms with Gasteiger partial charge in [-0.05, 0) is 36.8 Å². The van der Waals surface area contributed by atoms with Gasteiger partial charge in [0, 0.05) is 30.0 Å². The van der Waals surface area contributed by atoms with Crippen molar-refractivity contribution in [2.45, 2.75) is 51.0 Å². The first-order valence-electron chi connectivity index (χ1n) is 9.58. The van der Waals surface area contributed by atoms with E-state index >= 15 is 0 Å². The minimum atomic E-state index is -0.594. The number of carbonyl (C=O) groups excluding carboxylic acids is 2. The van der Waals surface area contributed by atoms with Gasteiger partial charge in [-0.2, -0.15) is 0 Å². The summed E-state index contributed by atoms with van der Waals surface area (Å²) in [5.74, 6) is 0.254. The molecule has 0 aliphatic heterocycles. The highest BCUT2D eigenvalue weighted by molar-refractivity contribution is 6.30. The molecule has 1 N–H and O–H groups in total. The van der Waals surface area contributed by atoms with Crippen LogP contribution in [0.2, 0.25) is 5.02 Å². The Labute approximate surface area is 172 Å². The predicted molar refractivity (Wildman–Crippen MR) is 104 cm³/mol. The topological polar surface area (TPSA) is 81.4 Å². The summed E-state index contributed by atoms with van der Waals surface area (Å²) >= 11 is 5.62. The lowest BCUT2D eigenvalue weighted by Gasteiger charge is -2.70. The average Bonchev–Trinajstić information content (AvgIpc) is 3.10. The molecular formula is C21H22ClFN2O4. The number of rotatable bonds is 8. The Kier molecular flexibility index (Phi) is 4.89. The van der Waals surface area contributed by atoms with Crippen LogP contribution in [0.25, 0.3) is 0 Å². The number of hydrogen-bond acceptors (Lipinski definition) is 5. The number of halogens is 2. The molecule has 1 aromatic carbocycles. The fraction of sp³-hybridized carbons (Fsp3) is 0.476. The quantitative estimate of drug-likeness (QED) is 0.644. The van der Waals surface area contributed by atoms with Crippen molar-refractivity contribution < 1.29 is 23.2 Å². The number of hydrogen-bond donors (Lipinski definition) is 1. The van der Waals surface area contributed by atoms with Crippen LogP contribution in [-0.2, 0) is 4.79 Å². The van der Waals surface area contributed by atoms with Crippen LogP contribution in [0, 0.1) is 11.2 Å². The van der Waals surface area contributed by atoms with E-state index in [2.05, 4.69) is 10.5 Å². The first kappa shape index (κ1) is 19.9. The molecule has 0 atom stereocenters. The van der Waals surface area contributed by atoms with Crippen molar-refractivity contribution in [3.63, 3.8) is 0 Å². The molecule has 29 heavy (non-hydrogen) atoms. The summed E-state index contributed by atoms with van der Waals surface area (Å²) in [6, 6.07) is 5.75. The highest BCUT2D eigenvalue weighted by Gasteiger charge is 2.68. The van der Waals surface area contributed by atoms with E-state index in [9.17, 15) is 14.0 Å². The second-order valence-electron chi connectivity index (χ2n) is 8.59. The van der Waals surface area contributed by atoms with E-state index in [0.717, 1.165) is 25.3 Å². The van der Waals surface area contributed by atoms with Crippen molar-refractivity contribution >= 4 is 23.3 Å². The minimum absolute atomic E-state index is 0.00145. The third-order valence-electron chi connectivity index (χ3n) is 5.72. The van der Waals surface area contributed by atoms with Gasteiger partial charge in [-0.15, -0.1) is 0 Å². The summed E-state index contributed by atoms with van der Waals surface area (Å²) in [6.45, 7) is 3.76. The van der Waals surface area contributed by atoms with Crippen molar-refractivity contribution in [1.29, 1.82) is 0 Å². The lowest BCUT2D eigenvalue weighted by atomic mass is 9.38. The fourth-order valence-corrected chi connectivity index (χ4v) is 4.61. The number of ketones is 1. The van der Waals surface area contributed by atoms with Gasteiger partial charge in [-0.25, -0.2) is 4.39 Å². The zero-order chi connectivity index (χ0) is 20.8. The van der Waals surface area contributed by atoms with Crippen LogP contribution in [-0.4, -0.2) is 29.0 Å². The molecule has 5 rings (SSSR count). The standard InChI is InChI=1S/C21H22ClFN2O4/c1-12(2)18-6-16(25-29-18)17(26)7-20-9-21(10-20,11-20)24-19(27)8-28-13-3-4-14(22)15(23)5-13/h3-6,12H,7-11H2,1-2H3,(H,24,27). The average molecular weight is 421 g/mol. The number of ether oxygens (including phenoxy) is 1. The molecule has 2 bridgehead atoms. The number of nitrogens with zero attached hydrogens (tertiary/aromatic N) is 1. The summed E-state index contributed by atoms with van der Waals surface area (Å²) in [5, 5.41) is 6.87. The van der Waals surface area contributed by atoms with Gasteiger partial charge in [0.05, 0.1) is 5.02 Å². The molecule has 3 fully saturated rings. The lowest BCUT2D eigenvalue weighted by Crippen LogP contribution is -2.75. The number of carbonyl (C=O) groups is 2. The summed E-state index contributed by atoms with van der Waals surface area (Å²) in [7, 11) is 0. The van der Waals surface area contributed by atoms with E-state index < -0.39 is 5.82 Å². The van der Waals surface area contributed by atoms with E-state index in [0.29, 0.717) is 17.9 Å².